The van der Waals surface area contributed by atoms with Crippen LogP contribution in [0.25, 0.3) is 21.2 Å². The van der Waals surface area contributed by atoms with Gasteiger partial charge in [-0.25, -0.2) is 0 Å². The molecule has 11 rings (SSSR count). The highest BCUT2D eigenvalue weighted by Gasteiger charge is 2.49. The number of thiophene rings is 1. The summed E-state index contributed by atoms with van der Waals surface area (Å²) in [5.41, 5.74) is 23.6. The predicted octanol–water partition coefficient (Wildman–Crippen LogP) is 16.3. The van der Waals surface area contributed by atoms with Crippen molar-refractivity contribution in [2.75, 3.05) is 9.80 Å². The van der Waals surface area contributed by atoms with Crippen molar-refractivity contribution in [2.24, 2.45) is 0 Å². The molecule has 0 bridgehead atoms. The van der Waals surface area contributed by atoms with Crippen molar-refractivity contribution in [3.8, 4) is 11.1 Å². The smallest absolute Gasteiger partial charge is 0.254 e. The van der Waals surface area contributed by atoms with Gasteiger partial charge in [0.1, 0.15) is 0 Å². The average molecular weight is 899 g/mol. The Hall–Kier alpha value is -5.06. The Morgan fingerprint density at radius 1 is 0.493 bits per heavy atom. The third-order valence-corrected chi connectivity index (χ3v) is 18.1. The molecule has 0 spiro atoms. The third kappa shape index (κ3) is 6.84. The van der Waals surface area contributed by atoms with E-state index in [1.807, 2.05) is 11.3 Å². The number of hydrogen-bond donors (Lipinski definition) is 0. The lowest BCUT2D eigenvalue weighted by Crippen LogP contribution is -2.61. The molecule has 7 aromatic rings. The molecule has 1 aromatic heterocycles. The minimum atomic E-state index is 0.0128. The predicted molar refractivity (Wildman–Crippen MR) is 294 cm³/mol. The molecule has 0 amide bonds. The Bertz CT molecular complexity index is 3160. The van der Waals surface area contributed by atoms with Crippen molar-refractivity contribution < 1.29 is 0 Å². The molecule has 67 heavy (non-hydrogen) atoms. The Labute approximate surface area is 406 Å². The zero-order valence-corrected chi connectivity index (χ0v) is 43.9. The van der Waals surface area contributed by atoms with E-state index in [9.17, 15) is 0 Å². The number of fused-ring (bicyclic) bond motifs is 8. The van der Waals surface area contributed by atoms with Crippen molar-refractivity contribution in [3.63, 3.8) is 0 Å². The summed E-state index contributed by atoms with van der Waals surface area (Å²) >= 11 is 1.98. The zero-order valence-electron chi connectivity index (χ0n) is 43.1. The van der Waals surface area contributed by atoms with Gasteiger partial charge in [0.25, 0.3) is 6.71 Å². The maximum absolute atomic E-state index is 2.76. The standard InChI is InChI=1S/C63H71BN2S/c1-38-31-52-56-53(32-38)66(50-36-47-45(60(8,9)27-29-62(47,12)13)34-43(50)39-19-17-16-18-20-39)51-37-48-46(61(10,11)28-30-63(48,14)15)35-49(51)64(56)55-44-33-41(59(5,6)7)23-26-54(44)67-57(55)65(52)42-24-21-40(22-25-42)58(2,3)4/h16-26,31-37H,27-30H2,1-15H3. The molecule has 342 valence electrons. The summed E-state index contributed by atoms with van der Waals surface area (Å²) in [6, 6.07) is 43.9. The molecule has 2 aliphatic heterocycles. The van der Waals surface area contributed by atoms with Crippen LogP contribution in [0.5, 0.6) is 0 Å². The molecule has 0 radical (unpaired) electrons. The van der Waals surface area contributed by atoms with Gasteiger partial charge < -0.3 is 9.80 Å². The molecule has 0 atom stereocenters. The van der Waals surface area contributed by atoms with Crippen molar-refractivity contribution in [1.29, 1.82) is 0 Å². The fourth-order valence-corrected chi connectivity index (χ4v) is 13.7. The first-order valence-electron chi connectivity index (χ1n) is 25.2. The van der Waals surface area contributed by atoms with Crippen LogP contribution in [-0.2, 0) is 32.5 Å². The van der Waals surface area contributed by atoms with E-state index in [1.165, 1.54) is 136 Å². The number of hydrogen-bond acceptors (Lipinski definition) is 3. The maximum atomic E-state index is 2.76. The zero-order chi connectivity index (χ0) is 47.5. The van der Waals surface area contributed by atoms with Gasteiger partial charge in [-0.1, -0.05) is 158 Å². The number of aryl methyl sites for hydroxylation is 1. The van der Waals surface area contributed by atoms with Crippen LogP contribution < -0.4 is 26.2 Å². The van der Waals surface area contributed by atoms with Crippen molar-refractivity contribution in [3.05, 3.63) is 148 Å². The molecule has 3 heterocycles. The van der Waals surface area contributed by atoms with Crippen LogP contribution in [0.1, 0.15) is 162 Å². The van der Waals surface area contributed by atoms with E-state index >= 15 is 0 Å². The third-order valence-electron chi connectivity index (χ3n) is 17.0. The number of rotatable bonds is 3. The topological polar surface area (TPSA) is 6.48 Å². The summed E-state index contributed by atoms with van der Waals surface area (Å²) in [6.07, 6.45) is 4.69. The van der Waals surface area contributed by atoms with Crippen molar-refractivity contribution >= 4 is 78.0 Å². The first-order valence-corrected chi connectivity index (χ1v) is 26.0. The lowest BCUT2D eigenvalue weighted by Gasteiger charge is -2.48. The second kappa shape index (κ2) is 14.5. The van der Waals surface area contributed by atoms with Gasteiger partial charge in [-0.05, 0) is 180 Å². The van der Waals surface area contributed by atoms with Crippen LogP contribution in [0.15, 0.2) is 109 Å². The first-order chi connectivity index (χ1) is 31.4. The largest absolute Gasteiger partial charge is 0.311 e. The van der Waals surface area contributed by atoms with Gasteiger partial charge in [0, 0.05) is 33.0 Å². The summed E-state index contributed by atoms with van der Waals surface area (Å²) in [5, 5.41) is 2.74. The van der Waals surface area contributed by atoms with E-state index in [0.717, 1.165) is 0 Å². The number of anilines is 6. The Kier molecular flexibility index (Phi) is 9.61. The summed E-state index contributed by atoms with van der Waals surface area (Å²) in [7, 11) is 0. The number of nitrogens with zero attached hydrogens (tertiary/aromatic N) is 2. The van der Waals surface area contributed by atoms with E-state index in [0.29, 0.717) is 0 Å². The minimum absolute atomic E-state index is 0.0128. The first kappa shape index (κ1) is 44.5. The molecular formula is C63H71BN2S. The van der Waals surface area contributed by atoms with Crippen LogP contribution in [-0.4, -0.2) is 6.71 Å². The molecule has 0 fully saturated rings. The van der Waals surface area contributed by atoms with Crippen LogP contribution in [0, 0.1) is 6.92 Å². The lowest BCUT2D eigenvalue weighted by atomic mass is 9.33. The van der Waals surface area contributed by atoms with E-state index in [-0.39, 0.29) is 39.2 Å². The second-order valence-corrected chi connectivity index (χ2v) is 26.7. The van der Waals surface area contributed by atoms with Crippen molar-refractivity contribution in [1.82, 2.24) is 0 Å². The van der Waals surface area contributed by atoms with Gasteiger partial charge in [0.2, 0.25) is 0 Å². The summed E-state index contributed by atoms with van der Waals surface area (Å²) in [6.45, 7) is 36.3. The van der Waals surface area contributed by atoms with E-state index < -0.39 is 0 Å². The Morgan fingerprint density at radius 2 is 1.00 bits per heavy atom. The fourth-order valence-electron chi connectivity index (χ4n) is 12.4. The molecule has 2 aliphatic carbocycles. The molecular weight excluding hydrogens is 828 g/mol. The van der Waals surface area contributed by atoms with Crippen LogP contribution in [0.4, 0.5) is 33.4 Å². The van der Waals surface area contributed by atoms with Gasteiger partial charge >= 0.3 is 0 Å². The van der Waals surface area contributed by atoms with Crippen LogP contribution in [0.2, 0.25) is 0 Å². The van der Waals surface area contributed by atoms with Gasteiger partial charge in [-0.15, -0.1) is 11.3 Å². The molecule has 4 aliphatic rings. The quantitative estimate of drug-likeness (QED) is 0.163. The van der Waals surface area contributed by atoms with Crippen LogP contribution >= 0.6 is 11.3 Å². The molecule has 0 saturated heterocycles. The summed E-state index contributed by atoms with van der Waals surface area (Å²) in [4.78, 5) is 5.41. The monoisotopic (exact) mass is 899 g/mol. The van der Waals surface area contributed by atoms with Gasteiger partial charge in [-0.3, -0.25) is 0 Å². The normalized spacial score (nSPS) is 18.5. The summed E-state index contributed by atoms with van der Waals surface area (Å²) < 4.78 is 1.36. The molecule has 0 saturated carbocycles. The molecule has 0 unspecified atom stereocenters. The number of benzene rings is 6. The molecule has 2 nitrogen and oxygen atoms in total. The van der Waals surface area contributed by atoms with Crippen LogP contribution in [0.3, 0.4) is 0 Å². The highest BCUT2D eigenvalue weighted by Crippen LogP contribution is 2.55. The highest BCUT2D eigenvalue weighted by atomic mass is 32.1. The highest BCUT2D eigenvalue weighted by molar-refractivity contribution is 7.26. The van der Waals surface area contributed by atoms with Gasteiger partial charge in [0.15, 0.2) is 0 Å². The molecule has 4 heteroatoms. The van der Waals surface area contributed by atoms with E-state index in [2.05, 4.69) is 223 Å². The fraction of sp³-hybridized carbons (Fsp3) is 0.397. The SMILES string of the molecule is Cc1cc2c3c(c1)N(c1ccc(C(C)(C)C)cc1)c1sc4ccc(C(C)(C)C)cc4c1B3c1cc3c(cc1N2c1cc2c(cc1-c1ccccc1)C(C)(C)CCC2(C)C)C(C)(C)CCC3(C)C. The van der Waals surface area contributed by atoms with Gasteiger partial charge in [0.05, 0.1) is 10.7 Å². The van der Waals surface area contributed by atoms with Gasteiger partial charge in [-0.2, -0.15) is 0 Å². The second-order valence-electron chi connectivity index (χ2n) is 25.7. The molecule has 6 aromatic carbocycles. The van der Waals surface area contributed by atoms with Crippen molar-refractivity contribution in [2.45, 2.75) is 162 Å². The maximum Gasteiger partial charge on any atom is 0.254 e. The van der Waals surface area contributed by atoms with E-state index in [4.69, 9.17) is 0 Å². The van der Waals surface area contributed by atoms with E-state index in [1.54, 1.807) is 0 Å². The minimum Gasteiger partial charge on any atom is -0.311 e. The Balaban J connectivity index is 1.31. The molecule has 0 N–H and O–H groups in total. The lowest BCUT2D eigenvalue weighted by molar-refractivity contribution is 0.332. The Morgan fingerprint density at radius 3 is 1.57 bits per heavy atom. The average Bonchev–Trinajstić information content (AvgIpc) is 3.64. The summed E-state index contributed by atoms with van der Waals surface area (Å²) in [5.74, 6) is 0.